The SMILES string of the molecule is CCOC(=O)c1c(NC(=O)C(=O)N/N=C\c2ccc(OCc3ccccc3)cc2)sc2c1CC[C@@H](C)C2. The number of thiophene rings is 1. The second kappa shape index (κ2) is 12.3. The van der Waals surface area contributed by atoms with Gasteiger partial charge in [-0.05, 0) is 73.1 Å². The Morgan fingerprint density at radius 1 is 1.08 bits per heavy atom. The molecule has 0 fully saturated rings. The van der Waals surface area contributed by atoms with Gasteiger partial charge >= 0.3 is 17.8 Å². The van der Waals surface area contributed by atoms with Gasteiger partial charge in [0, 0.05) is 4.88 Å². The molecule has 4 rings (SSSR count). The van der Waals surface area contributed by atoms with Crippen LogP contribution in [0.15, 0.2) is 59.7 Å². The number of hydrazone groups is 1. The van der Waals surface area contributed by atoms with Crippen molar-refractivity contribution in [1.29, 1.82) is 0 Å². The van der Waals surface area contributed by atoms with Crippen molar-refractivity contribution in [3.05, 3.63) is 81.7 Å². The van der Waals surface area contributed by atoms with Crippen molar-refractivity contribution in [3.8, 4) is 5.75 Å². The molecule has 37 heavy (non-hydrogen) atoms. The summed E-state index contributed by atoms with van der Waals surface area (Å²) in [6.07, 6.45) is 3.96. The van der Waals surface area contributed by atoms with Gasteiger partial charge in [-0.1, -0.05) is 37.3 Å². The number of hydrogen-bond donors (Lipinski definition) is 2. The standard InChI is InChI=1S/C28H29N3O5S/c1-3-35-28(34)24-22-14-9-18(2)15-23(22)37-27(24)30-25(32)26(33)31-29-16-19-10-12-21(13-11-19)36-17-20-7-5-4-6-8-20/h4-8,10-13,16,18H,3,9,14-15,17H2,1-2H3,(H,30,32)(H,31,33)/b29-16-/t18-/m1/s1. The molecule has 9 heteroatoms. The number of esters is 1. The monoisotopic (exact) mass is 519 g/mol. The van der Waals surface area contributed by atoms with E-state index in [-0.39, 0.29) is 6.61 Å². The molecule has 0 radical (unpaired) electrons. The fourth-order valence-corrected chi connectivity index (χ4v) is 5.42. The summed E-state index contributed by atoms with van der Waals surface area (Å²) in [6, 6.07) is 17.0. The smallest absolute Gasteiger partial charge is 0.341 e. The molecule has 2 N–H and O–H groups in total. The molecule has 0 spiro atoms. The van der Waals surface area contributed by atoms with Gasteiger partial charge in [0.2, 0.25) is 0 Å². The van der Waals surface area contributed by atoms with Crippen LogP contribution in [0.2, 0.25) is 0 Å². The van der Waals surface area contributed by atoms with Gasteiger partial charge in [-0.2, -0.15) is 5.10 Å². The number of fused-ring (bicyclic) bond motifs is 1. The van der Waals surface area contributed by atoms with E-state index in [1.165, 1.54) is 17.6 Å². The zero-order valence-corrected chi connectivity index (χ0v) is 21.6. The van der Waals surface area contributed by atoms with Gasteiger partial charge < -0.3 is 14.8 Å². The van der Waals surface area contributed by atoms with Crippen LogP contribution >= 0.6 is 11.3 Å². The molecule has 1 aromatic heterocycles. The number of carbonyl (C=O) groups excluding carboxylic acids is 3. The number of benzene rings is 2. The third kappa shape index (κ3) is 6.83. The second-order valence-electron chi connectivity index (χ2n) is 8.77. The van der Waals surface area contributed by atoms with E-state index in [1.54, 1.807) is 31.2 Å². The first-order valence-corrected chi connectivity index (χ1v) is 13.0. The molecule has 0 bridgehead atoms. The Balaban J connectivity index is 1.33. The summed E-state index contributed by atoms with van der Waals surface area (Å²) in [5.74, 6) is -1.13. The molecule has 1 aliphatic carbocycles. The Morgan fingerprint density at radius 3 is 2.57 bits per heavy atom. The van der Waals surface area contributed by atoms with Crippen LogP contribution in [0.1, 0.15) is 52.2 Å². The van der Waals surface area contributed by atoms with Gasteiger partial charge in [0.15, 0.2) is 0 Å². The molecule has 0 saturated heterocycles. The number of hydrogen-bond acceptors (Lipinski definition) is 7. The molecule has 2 amide bonds. The molecule has 0 unspecified atom stereocenters. The summed E-state index contributed by atoms with van der Waals surface area (Å²) in [5, 5.41) is 6.80. The Bertz CT molecular complexity index is 1290. The zero-order valence-electron chi connectivity index (χ0n) is 20.8. The largest absolute Gasteiger partial charge is 0.489 e. The topological polar surface area (TPSA) is 106 Å². The number of ether oxygens (including phenoxy) is 2. The van der Waals surface area contributed by atoms with E-state index in [0.29, 0.717) is 28.8 Å². The highest BCUT2D eigenvalue weighted by Crippen LogP contribution is 2.40. The third-order valence-electron chi connectivity index (χ3n) is 5.93. The molecule has 2 aromatic carbocycles. The molecule has 1 aliphatic rings. The summed E-state index contributed by atoms with van der Waals surface area (Å²) < 4.78 is 11.0. The van der Waals surface area contributed by atoms with E-state index in [1.807, 2.05) is 30.3 Å². The predicted octanol–water partition coefficient (Wildman–Crippen LogP) is 4.72. The van der Waals surface area contributed by atoms with Crippen LogP contribution in [0.25, 0.3) is 0 Å². The van der Waals surface area contributed by atoms with Gasteiger partial charge in [0.1, 0.15) is 17.4 Å². The number of nitrogens with zero attached hydrogens (tertiary/aromatic N) is 1. The van der Waals surface area contributed by atoms with Crippen LogP contribution in [-0.4, -0.2) is 30.6 Å². The van der Waals surface area contributed by atoms with Gasteiger partial charge in [-0.25, -0.2) is 10.2 Å². The molecular weight excluding hydrogens is 490 g/mol. The average Bonchev–Trinajstić information content (AvgIpc) is 3.25. The van der Waals surface area contributed by atoms with E-state index >= 15 is 0 Å². The summed E-state index contributed by atoms with van der Waals surface area (Å²) >= 11 is 1.33. The first kappa shape index (κ1) is 26.1. The van der Waals surface area contributed by atoms with Gasteiger partial charge in [0.25, 0.3) is 0 Å². The second-order valence-corrected chi connectivity index (χ2v) is 9.88. The van der Waals surface area contributed by atoms with Crippen molar-refractivity contribution in [2.75, 3.05) is 11.9 Å². The molecular formula is C28H29N3O5S. The highest BCUT2D eigenvalue weighted by molar-refractivity contribution is 7.17. The normalized spacial score (nSPS) is 14.6. The molecule has 192 valence electrons. The summed E-state index contributed by atoms with van der Waals surface area (Å²) in [7, 11) is 0. The van der Waals surface area contributed by atoms with Crippen LogP contribution < -0.4 is 15.5 Å². The lowest BCUT2D eigenvalue weighted by Gasteiger charge is -2.18. The molecule has 1 atom stereocenters. The number of anilines is 1. The van der Waals surface area contributed by atoms with E-state index in [2.05, 4.69) is 22.8 Å². The van der Waals surface area contributed by atoms with Crippen molar-refractivity contribution >= 4 is 40.3 Å². The minimum atomic E-state index is -0.936. The quantitative estimate of drug-likeness (QED) is 0.194. The molecule has 8 nitrogen and oxygen atoms in total. The number of nitrogens with one attached hydrogen (secondary N) is 2. The van der Waals surface area contributed by atoms with Gasteiger partial charge in [-0.15, -0.1) is 11.3 Å². The average molecular weight is 520 g/mol. The van der Waals surface area contributed by atoms with Gasteiger partial charge in [0.05, 0.1) is 18.4 Å². The van der Waals surface area contributed by atoms with Crippen molar-refractivity contribution < 1.29 is 23.9 Å². The minimum absolute atomic E-state index is 0.225. The van der Waals surface area contributed by atoms with Crippen LogP contribution in [0.3, 0.4) is 0 Å². The summed E-state index contributed by atoms with van der Waals surface area (Å²) in [5.41, 5.74) is 5.28. The Labute approximate surface area is 219 Å². The predicted molar refractivity (Wildman–Crippen MR) is 143 cm³/mol. The van der Waals surface area contributed by atoms with E-state index in [0.717, 1.165) is 40.8 Å². The lowest BCUT2D eigenvalue weighted by atomic mass is 9.88. The Hall–Kier alpha value is -3.98. The lowest BCUT2D eigenvalue weighted by Crippen LogP contribution is -2.32. The Morgan fingerprint density at radius 2 is 1.84 bits per heavy atom. The maximum atomic E-state index is 12.6. The fraction of sp³-hybridized carbons (Fsp3) is 0.286. The third-order valence-corrected chi connectivity index (χ3v) is 7.10. The van der Waals surface area contributed by atoms with Crippen molar-refractivity contribution in [2.45, 2.75) is 39.7 Å². The zero-order chi connectivity index (χ0) is 26.2. The lowest BCUT2D eigenvalue weighted by molar-refractivity contribution is -0.136. The van der Waals surface area contributed by atoms with Gasteiger partial charge in [-0.3, -0.25) is 9.59 Å². The van der Waals surface area contributed by atoms with E-state index in [9.17, 15) is 14.4 Å². The maximum Gasteiger partial charge on any atom is 0.341 e. The van der Waals surface area contributed by atoms with Crippen molar-refractivity contribution in [1.82, 2.24) is 5.43 Å². The first-order chi connectivity index (χ1) is 17.9. The molecule has 0 aliphatic heterocycles. The summed E-state index contributed by atoms with van der Waals surface area (Å²) in [6.45, 7) is 4.57. The highest BCUT2D eigenvalue weighted by atomic mass is 32.1. The first-order valence-electron chi connectivity index (χ1n) is 12.2. The van der Waals surface area contributed by atoms with Crippen molar-refractivity contribution in [3.63, 3.8) is 0 Å². The molecule has 1 heterocycles. The maximum absolute atomic E-state index is 12.6. The molecule has 3 aromatic rings. The highest BCUT2D eigenvalue weighted by Gasteiger charge is 2.30. The van der Waals surface area contributed by atoms with Crippen LogP contribution in [0.5, 0.6) is 5.75 Å². The van der Waals surface area contributed by atoms with E-state index < -0.39 is 17.8 Å². The van der Waals surface area contributed by atoms with Crippen LogP contribution in [0.4, 0.5) is 5.00 Å². The van der Waals surface area contributed by atoms with E-state index in [4.69, 9.17) is 9.47 Å². The number of carbonyl (C=O) groups is 3. The fourth-order valence-electron chi connectivity index (χ4n) is 4.03. The van der Waals surface area contributed by atoms with Crippen molar-refractivity contribution in [2.24, 2.45) is 11.0 Å². The van der Waals surface area contributed by atoms with Crippen LogP contribution in [-0.2, 0) is 33.8 Å². The minimum Gasteiger partial charge on any atom is -0.489 e. The Kier molecular flexibility index (Phi) is 8.68. The number of amides is 2. The molecule has 0 saturated carbocycles. The summed E-state index contributed by atoms with van der Waals surface area (Å²) in [4.78, 5) is 38.5. The number of rotatable bonds is 8. The van der Waals surface area contributed by atoms with Crippen LogP contribution in [0, 0.1) is 5.92 Å².